The highest BCUT2D eigenvalue weighted by Gasteiger charge is 2.35. The number of hydrogen-bond donors (Lipinski definition) is 2. The van der Waals surface area contributed by atoms with Gasteiger partial charge in [0.2, 0.25) is 0 Å². The van der Waals surface area contributed by atoms with E-state index in [9.17, 15) is 9.59 Å². The van der Waals surface area contributed by atoms with E-state index in [-0.39, 0.29) is 6.04 Å². The summed E-state index contributed by atoms with van der Waals surface area (Å²) in [6.07, 6.45) is 0. The van der Waals surface area contributed by atoms with E-state index in [0.717, 1.165) is 5.56 Å². The van der Waals surface area contributed by atoms with Crippen LogP contribution in [0.25, 0.3) is 0 Å². The van der Waals surface area contributed by atoms with Crippen LogP contribution in [0.15, 0.2) is 30.3 Å². The number of carbonyl (C=O) groups is 2. The summed E-state index contributed by atoms with van der Waals surface area (Å²) >= 11 is 0. The highest BCUT2D eigenvalue weighted by molar-refractivity contribution is 5.85. The van der Waals surface area contributed by atoms with Gasteiger partial charge in [0.1, 0.15) is 5.54 Å². The molecule has 5 nitrogen and oxygen atoms in total. The quantitative estimate of drug-likeness (QED) is 0.876. The Kier molecular flexibility index (Phi) is 4.53. The van der Waals surface area contributed by atoms with Gasteiger partial charge in [0.05, 0.1) is 6.04 Å². The number of rotatable bonds is 4. The molecule has 0 radical (unpaired) electrons. The standard InChI is InChI=1S/C14H20N2O3/c1-10(11-8-6-5-7-9-11)15-13(19)16(4)14(2,3)12(17)18/h5-10H,1-4H3,(H,15,19)(H,17,18). The summed E-state index contributed by atoms with van der Waals surface area (Å²) in [5, 5.41) is 11.9. The zero-order chi connectivity index (χ0) is 14.6. The highest BCUT2D eigenvalue weighted by Crippen LogP contribution is 2.15. The van der Waals surface area contributed by atoms with Crippen molar-refractivity contribution in [2.24, 2.45) is 0 Å². The Morgan fingerprint density at radius 1 is 1.26 bits per heavy atom. The van der Waals surface area contributed by atoms with E-state index in [1.165, 1.54) is 25.8 Å². The second-order valence-electron chi connectivity index (χ2n) is 5.01. The number of nitrogens with one attached hydrogen (secondary N) is 1. The molecule has 0 saturated carbocycles. The Balaban J connectivity index is 2.73. The zero-order valence-corrected chi connectivity index (χ0v) is 11.7. The van der Waals surface area contributed by atoms with E-state index in [4.69, 9.17) is 5.11 Å². The van der Waals surface area contributed by atoms with Gasteiger partial charge in [0, 0.05) is 7.05 Å². The van der Waals surface area contributed by atoms with Crippen molar-refractivity contribution in [2.75, 3.05) is 7.05 Å². The maximum atomic E-state index is 12.0. The van der Waals surface area contributed by atoms with Crippen molar-refractivity contribution in [3.63, 3.8) is 0 Å². The highest BCUT2D eigenvalue weighted by atomic mass is 16.4. The summed E-state index contributed by atoms with van der Waals surface area (Å²) in [5.74, 6) is -1.04. The first-order valence-corrected chi connectivity index (χ1v) is 6.09. The van der Waals surface area contributed by atoms with Crippen molar-refractivity contribution in [1.82, 2.24) is 10.2 Å². The Morgan fingerprint density at radius 3 is 2.26 bits per heavy atom. The first-order chi connectivity index (χ1) is 8.76. The number of benzene rings is 1. The lowest BCUT2D eigenvalue weighted by atomic mass is 10.0. The lowest BCUT2D eigenvalue weighted by Gasteiger charge is -2.32. The Morgan fingerprint density at radius 2 is 1.79 bits per heavy atom. The first-order valence-electron chi connectivity index (χ1n) is 6.09. The summed E-state index contributed by atoms with van der Waals surface area (Å²) in [4.78, 5) is 24.3. The molecule has 0 aliphatic rings. The van der Waals surface area contributed by atoms with Crippen LogP contribution in [0, 0.1) is 0 Å². The average Bonchev–Trinajstić information content (AvgIpc) is 2.38. The number of urea groups is 1. The number of carboxylic acid groups (broad SMARTS) is 1. The SMILES string of the molecule is CC(NC(=O)N(C)C(C)(C)C(=O)O)c1ccccc1. The molecule has 1 aromatic rings. The van der Waals surface area contributed by atoms with E-state index >= 15 is 0 Å². The van der Waals surface area contributed by atoms with E-state index < -0.39 is 17.5 Å². The molecule has 0 aliphatic heterocycles. The number of nitrogens with zero attached hydrogens (tertiary/aromatic N) is 1. The molecule has 1 atom stereocenters. The lowest BCUT2D eigenvalue weighted by molar-refractivity contribution is -0.146. The molecule has 0 fully saturated rings. The minimum atomic E-state index is -1.25. The second kappa shape index (κ2) is 5.73. The third kappa shape index (κ3) is 3.47. The van der Waals surface area contributed by atoms with Crippen LogP contribution >= 0.6 is 0 Å². The van der Waals surface area contributed by atoms with Crippen LogP contribution < -0.4 is 5.32 Å². The maximum absolute atomic E-state index is 12.0. The van der Waals surface area contributed by atoms with E-state index in [2.05, 4.69) is 5.32 Å². The van der Waals surface area contributed by atoms with Crippen molar-refractivity contribution < 1.29 is 14.7 Å². The van der Waals surface area contributed by atoms with Gasteiger partial charge in [-0.3, -0.25) is 0 Å². The van der Waals surface area contributed by atoms with E-state index in [0.29, 0.717) is 0 Å². The molecule has 2 amide bonds. The fourth-order valence-corrected chi connectivity index (χ4v) is 1.50. The minimum absolute atomic E-state index is 0.180. The van der Waals surface area contributed by atoms with Crippen molar-refractivity contribution in [1.29, 1.82) is 0 Å². The molecule has 1 unspecified atom stereocenters. The number of carbonyl (C=O) groups excluding carboxylic acids is 1. The smallest absolute Gasteiger partial charge is 0.329 e. The molecular formula is C14H20N2O3. The second-order valence-corrected chi connectivity index (χ2v) is 5.01. The summed E-state index contributed by atoms with van der Waals surface area (Å²) in [6.45, 7) is 4.83. The van der Waals surface area contributed by atoms with Crippen molar-refractivity contribution in [3.05, 3.63) is 35.9 Å². The molecule has 0 saturated heterocycles. The van der Waals surface area contributed by atoms with Crippen LogP contribution in [0.1, 0.15) is 32.4 Å². The van der Waals surface area contributed by atoms with E-state index in [1.807, 2.05) is 37.3 Å². The molecule has 2 N–H and O–H groups in total. The third-order valence-corrected chi connectivity index (χ3v) is 3.31. The van der Waals surface area contributed by atoms with Gasteiger partial charge < -0.3 is 15.3 Å². The normalized spacial score (nSPS) is 12.6. The molecule has 0 aromatic heterocycles. The molecule has 19 heavy (non-hydrogen) atoms. The predicted octanol–water partition coefficient (Wildman–Crippen LogP) is 2.25. The van der Waals surface area contributed by atoms with Crippen molar-refractivity contribution >= 4 is 12.0 Å². The van der Waals surface area contributed by atoms with Crippen LogP contribution in [-0.2, 0) is 4.79 Å². The fourth-order valence-electron chi connectivity index (χ4n) is 1.50. The molecule has 0 bridgehead atoms. The molecule has 0 aliphatic carbocycles. The average molecular weight is 264 g/mol. The molecule has 1 aromatic carbocycles. The third-order valence-electron chi connectivity index (χ3n) is 3.31. The number of carboxylic acids is 1. The number of amides is 2. The van der Waals surface area contributed by atoms with Gasteiger partial charge >= 0.3 is 12.0 Å². The molecule has 0 spiro atoms. The van der Waals surface area contributed by atoms with Crippen molar-refractivity contribution in [3.8, 4) is 0 Å². The van der Waals surface area contributed by atoms with Gasteiger partial charge in [0.25, 0.3) is 0 Å². The topological polar surface area (TPSA) is 69.6 Å². The maximum Gasteiger partial charge on any atom is 0.329 e. The monoisotopic (exact) mass is 264 g/mol. The van der Waals surface area contributed by atoms with Crippen LogP contribution in [0.4, 0.5) is 4.79 Å². The van der Waals surface area contributed by atoms with Gasteiger partial charge in [-0.25, -0.2) is 9.59 Å². The van der Waals surface area contributed by atoms with Crippen LogP contribution in [0.3, 0.4) is 0 Å². The molecule has 0 heterocycles. The van der Waals surface area contributed by atoms with Crippen molar-refractivity contribution in [2.45, 2.75) is 32.4 Å². The van der Waals surface area contributed by atoms with Gasteiger partial charge in [-0.05, 0) is 26.3 Å². The zero-order valence-electron chi connectivity index (χ0n) is 11.7. The minimum Gasteiger partial charge on any atom is -0.480 e. The molecule has 104 valence electrons. The summed E-state index contributed by atoms with van der Waals surface area (Å²) in [5.41, 5.74) is -0.280. The van der Waals surface area contributed by atoms with E-state index in [1.54, 1.807) is 0 Å². The van der Waals surface area contributed by atoms with Crippen LogP contribution in [-0.4, -0.2) is 34.6 Å². The Hall–Kier alpha value is -2.04. The van der Waals surface area contributed by atoms with Gasteiger partial charge in [-0.15, -0.1) is 0 Å². The van der Waals surface area contributed by atoms with Gasteiger partial charge in [-0.1, -0.05) is 30.3 Å². The lowest BCUT2D eigenvalue weighted by Crippen LogP contribution is -2.54. The number of likely N-dealkylation sites (N-methyl/N-ethyl adjacent to an activating group) is 1. The molecule has 1 rings (SSSR count). The molecular weight excluding hydrogens is 244 g/mol. The number of aliphatic carboxylic acids is 1. The summed E-state index contributed by atoms with van der Waals surface area (Å²) < 4.78 is 0. The van der Waals surface area contributed by atoms with Gasteiger partial charge in [0.15, 0.2) is 0 Å². The first kappa shape index (κ1) is 15.0. The summed E-state index contributed by atoms with van der Waals surface area (Å²) in [7, 11) is 1.47. The summed E-state index contributed by atoms with van der Waals surface area (Å²) in [6, 6.07) is 8.91. The largest absolute Gasteiger partial charge is 0.480 e. The fraction of sp³-hybridized carbons (Fsp3) is 0.429. The Bertz CT molecular complexity index is 457. The van der Waals surface area contributed by atoms with Gasteiger partial charge in [-0.2, -0.15) is 0 Å². The Labute approximate surface area is 113 Å². The number of hydrogen-bond acceptors (Lipinski definition) is 2. The predicted molar refractivity (Wildman–Crippen MR) is 72.9 cm³/mol. The van der Waals surface area contributed by atoms with Crippen LogP contribution in [0.5, 0.6) is 0 Å². The molecule has 5 heteroatoms. The van der Waals surface area contributed by atoms with Crippen LogP contribution in [0.2, 0.25) is 0 Å².